The van der Waals surface area contributed by atoms with Crippen molar-refractivity contribution in [1.29, 1.82) is 0 Å². The zero-order valence-corrected chi connectivity index (χ0v) is 11.8. The predicted molar refractivity (Wildman–Crippen MR) is 70.9 cm³/mol. The highest BCUT2D eigenvalue weighted by Gasteiger charge is 2.13. The summed E-state index contributed by atoms with van der Waals surface area (Å²) in [4.78, 5) is 2.39. The Morgan fingerprint density at radius 1 is 1.12 bits per heavy atom. The molecule has 0 saturated heterocycles. The molecule has 0 saturated carbocycles. The van der Waals surface area contributed by atoms with Gasteiger partial charge in [-0.3, -0.25) is 0 Å². The molecule has 3 heteroatoms. The van der Waals surface area contributed by atoms with Crippen LogP contribution >= 0.6 is 0 Å². The standard InChI is InChI=1S/C13H30N2O/c1-6-14-11-13(12(4)5)16-10-9-15(7-2)8-3/h12-14H,6-11H2,1-5H3. The van der Waals surface area contributed by atoms with Crippen LogP contribution in [0.2, 0.25) is 0 Å². The monoisotopic (exact) mass is 230 g/mol. The van der Waals surface area contributed by atoms with Crippen molar-refractivity contribution in [2.75, 3.05) is 39.3 Å². The molecule has 0 aromatic carbocycles. The first kappa shape index (κ1) is 15.9. The van der Waals surface area contributed by atoms with E-state index in [-0.39, 0.29) is 0 Å². The van der Waals surface area contributed by atoms with Gasteiger partial charge in [0, 0.05) is 13.1 Å². The quantitative estimate of drug-likeness (QED) is 0.621. The summed E-state index contributed by atoms with van der Waals surface area (Å²) in [7, 11) is 0. The summed E-state index contributed by atoms with van der Waals surface area (Å²) in [6.45, 7) is 17.1. The van der Waals surface area contributed by atoms with Gasteiger partial charge in [-0.15, -0.1) is 0 Å². The van der Waals surface area contributed by atoms with E-state index in [9.17, 15) is 0 Å². The molecule has 0 aromatic heterocycles. The molecule has 0 radical (unpaired) electrons. The van der Waals surface area contributed by atoms with Gasteiger partial charge in [-0.2, -0.15) is 0 Å². The molecule has 0 rings (SSSR count). The van der Waals surface area contributed by atoms with Crippen LogP contribution in [0.3, 0.4) is 0 Å². The largest absolute Gasteiger partial charge is 0.375 e. The van der Waals surface area contributed by atoms with Gasteiger partial charge in [-0.1, -0.05) is 34.6 Å². The van der Waals surface area contributed by atoms with Crippen LogP contribution in [0.5, 0.6) is 0 Å². The fourth-order valence-corrected chi connectivity index (χ4v) is 1.65. The summed E-state index contributed by atoms with van der Waals surface area (Å²) < 4.78 is 5.94. The Morgan fingerprint density at radius 3 is 2.19 bits per heavy atom. The maximum Gasteiger partial charge on any atom is 0.0722 e. The number of likely N-dealkylation sites (N-methyl/N-ethyl adjacent to an activating group) is 2. The molecule has 0 bridgehead atoms. The first-order chi connectivity index (χ1) is 7.65. The predicted octanol–water partition coefficient (Wildman–Crippen LogP) is 1.98. The Hall–Kier alpha value is -0.120. The first-order valence-corrected chi connectivity index (χ1v) is 6.70. The van der Waals surface area contributed by atoms with Crippen LogP contribution in [0.15, 0.2) is 0 Å². The molecule has 1 unspecified atom stereocenters. The molecule has 0 aliphatic rings. The van der Waals surface area contributed by atoms with Crippen molar-refractivity contribution in [3.63, 3.8) is 0 Å². The Kier molecular flexibility index (Phi) is 9.99. The molecule has 0 aliphatic carbocycles. The number of rotatable bonds is 10. The van der Waals surface area contributed by atoms with E-state index in [0.29, 0.717) is 12.0 Å². The van der Waals surface area contributed by atoms with Gasteiger partial charge in [0.15, 0.2) is 0 Å². The van der Waals surface area contributed by atoms with Crippen molar-refractivity contribution < 1.29 is 4.74 Å². The van der Waals surface area contributed by atoms with E-state index >= 15 is 0 Å². The minimum absolute atomic E-state index is 0.343. The summed E-state index contributed by atoms with van der Waals surface area (Å²) >= 11 is 0. The third kappa shape index (κ3) is 7.20. The Balaban J connectivity index is 3.74. The zero-order valence-electron chi connectivity index (χ0n) is 11.8. The second-order valence-corrected chi connectivity index (χ2v) is 4.49. The summed E-state index contributed by atoms with van der Waals surface area (Å²) in [5.74, 6) is 0.579. The first-order valence-electron chi connectivity index (χ1n) is 6.70. The van der Waals surface area contributed by atoms with Gasteiger partial charge in [0.05, 0.1) is 12.7 Å². The number of nitrogens with zero attached hydrogens (tertiary/aromatic N) is 1. The van der Waals surface area contributed by atoms with Crippen LogP contribution in [0.4, 0.5) is 0 Å². The maximum atomic E-state index is 5.94. The minimum atomic E-state index is 0.343. The number of hydrogen-bond acceptors (Lipinski definition) is 3. The van der Waals surface area contributed by atoms with E-state index in [4.69, 9.17) is 4.74 Å². The summed E-state index contributed by atoms with van der Waals surface area (Å²) in [6, 6.07) is 0. The minimum Gasteiger partial charge on any atom is -0.375 e. The third-order valence-corrected chi connectivity index (χ3v) is 2.97. The van der Waals surface area contributed by atoms with Gasteiger partial charge >= 0.3 is 0 Å². The van der Waals surface area contributed by atoms with Crippen molar-refractivity contribution in [2.45, 2.75) is 40.7 Å². The van der Waals surface area contributed by atoms with Crippen LogP contribution in [-0.2, 0) is 4.74 Å². The van der Waals surface area contributed by atoms with Gasteiger partial charge in [-0.05, 0) is 25.6 Å². The van der Waals surface area contributed by atoms with Crippen molar-refractivity contribution >= 4 is 0 Å². The normalized spacial score (nSPS) is 13.7. The van der Waals surface area contributed by atoms with Gasteiger partial charge < -0.3 is 15.0 Å². The zero-order chi connectivity index (χ0) is 12.4. The molecule has 16 heavy (non-hydrogen) atoms. The molecule has 3 nitrogen and oxygen atoms in total. The van der Waals surface area contributed by atoms with Gasteiger partial charge in [0.25, 0.3) is 0 Å². The Bertz CT molecular complexity index is 147. The number of hydrogen-bond donors (Lipinski definition) is 1. The van der Waals surface area contributed by atoms with Crippen molar-refractivity contribution in [3.8, 4) is 0 Å². The van der Waals surface area contributed by atoms with E-state index < -0.39 is 0 Å². The summed E-state index contributed by atoms with van der Waals surface area (Å²) in [6.07, 6.45) is 0.343. The SMILES string of the molecule is CCNCC(OCCN(CC)CC)C(C)C. The molecule has 98 valence electrons. The van der Waals surface area contributed by atoms with Crippen molar-refractivity contribution in [2.24, 2.45) is 5.92 Å². The van der Waals surface area contributed by atoms with Gasteiger partial charge in [-0.25, -0.2) is 0 Å². The fraction of sp³-hybridized carbons (Fsp3) is 1.00. The van der Waals surface area contributed by atoms with E-state index in [1.165, 1.54) is 0 Å². The van der Waals surface area contributed by atoms with Crippen molar-refractivity contribution in [3.05, 3.63) is 0 Å². The molecule has 0 aromatic rings. The second-order valence-electron chi connectivity index (χ2n) is 4.49. The second kappa shape index (κ2) is 10.1. The van der Waals surface area contributed by atoms with Crippen LogP contribution in [0.1, 0.15) is 34.6 Å². The fourth-order valence-electron chi connectivity index (χ4n) is 1.65. The highest BCUT2D eigenvalue weighted by atomic mass is 16.5. The summed E-state index contributed by atoms with van der Waals surface area (Å²) in [5, 5.41) is 3.36. The highest BCUT2D eigenvalue weighted by molar-refractivity contribution is 4.65. The lowest BCUT2D eigenvalue weighted by atomic mass is 10.1. The lowest BCUT2D eigenvalue weighted by Crippen LogP contribution is -2.36. The molecule has 1 atom stereocenters. The van der Waals surface area contributed by atoms with E-state index in [2.05, 4.69) is 44.8 Å². The topological polar surface area (TPSA) is 24.5 Å². The molecule has 0 heterocycles. The smallest absolute Gasteiger partial charge is 0.0722 e. The lowest BCUT2D eigenvalue weighted by Gasteiger charge is -2.24. The lowest BCUT2D eigenvalue weighted by molar-refractivity contribution is 0.0125. The van der Waals surface area contributed by atoms with E-state index in [1.54, 1.807) is 0 Å². The molecule has 0 amide bonds. The molecule has 1 N–H and O–H groups in total. The van der Waals surface area contributed by atoms with Crippen LogP contribution in [-0.4, -0.2) is 50.3 Å². The van der Waals surface area contributed by atoms with Crippen LogP contribution < -0.4 is 5.32 Å². The molecule has 0 fully saturated rings. The molecular weight excluding hydrogens is 200 g/mol. The van der Waals surface area contributed by atoms with Crippen LogP contribution in [0, 0.1) is 5.92 Å². The van der Waals surface area contributed by atoms with Gasteiger partial charge in [0.1, 0.15) is 0 Å². The average molecular weight is 230 g/mol. The number of ether oxygens (including phenoxy) is 1. The maximum absolute atomic E-state index is 5.94. The van der Waals surface area contributed by atoms with Crippen molar-refractivity contribution in [1.82, 2.24) is 10.2 Å². The number of nitrogens with one attached hydrogen (secondary N) is 1. The average Bonchev–Trinajstić information content (AvgIpc) is 2.28. The molecule has 0 spiro atoms. The van der Waals surface area contributed by atoms with Gasteiger partial charge in [0.2, 0.25) is 0 Å². The highest BCUT2D eigenvalue weighted by Crippen LogP contribution is 2.05. The molecular formula is C13H30N2O. The molecule has 0 aliphatic heterocycles. The van der Waals surface area contributed by atoms with Crippen LogP contribution in [0.25, 0.3) is 0 Å². The van der Waals surface area contributed by atoms with E-state index in [1.807, 2.05) is 0 Å². The van der Waals surface area contributed by atoms with E-state index in [0.717, 1.165) is 39.3 Å². The Labute approximate surface area is 102 Å². The third-order valence-electron chi connectivity index (χ3n) is 2.97. The Morgan fingerprint density at radius 2 is 1.75 bits per heavy atom. The summed E-state index contributed by atoms with van der Waals surface area (Å²) in [5.41, 5.74) is 0.